The predicted octanol–water partition coefficient (Wildman–Crippen LogP) is 3.97. The summed E-state index contributed by atoms with van der Waals surface area (Å²) in [4.78, 5) is 24.1. The average Bonchev–Trinajstić information content (AvgIpc) is 2.80. The van der Waals surface area contributed by atoms with Crippen molar-refractivity contribution in [1.82, 2.24) is 10.5 Å². The Morgan fingerprint density at radius 3 is 2.07 bits per heavy atom. The lowest BCUT2D eigenvalue weighted by atomic mass is 10.0. The van der Waals surface area contributed by atoms with E-state index in [-0.39, 0.29) is 5.91 Å². The van der Waals surface area contributed by atoms with Crippen LogP contribution < -0.4 is 5.48 Å². The highest BCUT2D eigenvalue weighted by Gasteiger charge is 2.13. The molecule has 0 spiro atoms. The number of hydrogen-bond donors (Lipinski definition) is 2. The molecule has 146 valence electrons. The van der Waals surface area contributed by atoms with Crippen LogP contribution in [-0.2, 0) is 0 Å². The number of nitrogens with one attached hydrogen (secondary N) is 1. The van der Waals surface area contributed by atoms with Crippen molar-refractivity contribution in [2.45, 2.75) is 6.92 Å². The number of amides is 2. The fourth-order valence-corrected chi connectivity index (χ4v) is 2.78. The van der Waals surface area contributed by atoms with E-state index in [2.05, 4.69) is 5.10 Å². The molecular formula is C23H21N3O3. The minimum atomic E-state index is -0.585. The van der Waals surface area contributed by atoms with E-state index in [4.69, 9.17) is 5.21 Å². The number of hydroxylamine groups is 1. The number of hydrogen-bond acceptors (Lipinski definition) is 4. The van der Waals surface area contributed by atoms with Gasteiger partial charge >= 0.3 is 0 Å². The second kappa shape index (κ2) is 9.43. The number of nitrogens with zero attached hydrogens (tertiary/aromatic N) is 2. The molecule has 0 aliphatic rings. The van der Waals surface area contributed by atoms with Crippen LogP contribution in [0.15, 0.2) is 84.0 Å². The highest BCUT2D eigenvalue weighted by Crippen LogP contribution is 2.20. The van der Waals surface area contributed by atoms with Crippen molar-refractivity contribution < 1.29 is 14.8 Å². The van der Waals surface area contributed by atoms with Gasteiger partial charge in [0.1, 0.15) is 0 Å². The first kappa shape index (κ1) is 20.0. The van der Waals surface area contributed by atoms with Gasteiger partial charge in [-0.2, -0.15) is 5.10 Å². The van der Waals surface area contributed by atoms with Crippen LogP contribution in [0, 0.1) is 0 Å². The van der Waals surface area contributed by atoms with Crippen molar-refractivity contribution in [3.63, 3.8) is 0 Å². The van der Waals surface area contributed by atoms with Crippen LogP contribution in [0.25, 0.3) is 11.1 Å². The van der Waals surface area contributed by atoms with Gasteiger partial charge in [-0.25, -0.2) is 10.5 Å². The molecule has 2 amide bonds. The van der Waals surface area contributed by atoms with E-state index in [1.54, 1.807) is 48.1 Å². The molecule has 0 saturated carbocycles. The van der Waals surface area contributed by atoms with E-state index in [0.717, 1.165) is 16.7 Å². The number of rotatable bonds is 6. The smallest absolute Gasteiger partial charge is 0.274 e. The molecule has 0 aliphatic heterocycles. The zero-order chi connectivity index (χ0) is 20.6. The second-order valence-corrected chi connectivity index (χ2v) is 6.27. The Kier molecular flexibility index (Phi) is 6.50. The van der Waals surface area contributed by atoms with Crippen LogP contribution in [0.3, 0.4) is 0 Å². The summed E-state index contributed by atoms with van der Waals surface area (Å²) in [6.07, 6.45) is 1.56. The number of benzene rings is 3. The minimum Gasteiger partial charge on any atom is -0.288 e. The fraction of sp³-hybridized carbons (Fsp3) is 0.0870. The normalized spacial score (nSPS) is 10.7. The van der Waals surface area contributed by atoms with Crippen LogP contribution in [0.4, 0.5) is 0 Å². The Balaban J connectivity index is 1.71. The third-order valence-corrected chi connectivity index (χ3v) is 4.39. The topological polar surface area (TPSA) is 82.0 Å². The zero-order valence-electron chi connectivity index (χ0n) is 15.9. The molecule has 0 saturated heterocycles. The molecule has 3 aromatic rings. The summed E-state index contributed by atoms with van der Waals surface area (Å²) in [5, 5.41) is 14.3. The maximum absolute atomic E-state index is 12.8. The van der Waals surface area contributed by atoms with Gasteiger partial charge in [0, 0.05) is 17.7 Å². The van der Waals surface area contributed by atoms with Gasteiger partial charge < -0.3 is 0 Å². The molecule has 29 heavy (non-hydrogen) atoms. The van der Waals surface area contributed by atoms with Crippen LogP contribution in [0.2, 0.25) is 0 Å². The molecule has 6 heteroatoms. The lowest BCUT2D eigenvalue weighted by Crippen LogP contribution is -2.25. The third-order valence-electron chi connectivity index (χ3n) is 4.39. The summed E-state index contributed by atoms with van der Waals surface area (Å²) in [7, 11) is 0. The molecule has 0 atom stereocenters. The predicted molar refractivity (Wildman–Crippen MR) is 112 cm³/mol. The summed E-state index contributed by atoms with van der Waals surface area (Å²) in [5.41, 5.74) is 5.32. The monoisotopic (exact) mass is 387 g/mol. The molecule has 3 rings (SSSR count). The largest absolute Gasteiger partial charge is 0.288 e. The Morgan fingerprint density at radius 2 is 1.48 bits per heavy atom. The third kappa shape index (κ3) is 4.94. The van der Waals surface area contributed by atoms with Crippen molar-refractivity contribution in [2.24, 2.45) is 5.10 Å². The lowest BCUT2D eigenvalue weighted by molar-refractivity contribution is 0.0706. The number of carbonyl (C=O) groups is 2. The van der Waals surface area contributed by atoms with Gasteiger partial charge in [-0.3, -0.25) is 14.8 Å². The molecule has 0 bridgehead atoms. The van der Waals surface area contributed by atoms with Crippen LogP contribution in [0.5, 0.6) is 0 Å². The van der Waals surface area contributed by atoms with E-state index in [1.807, 2.05) is 49.4 Å². The first-order valence-corrected chi connectivity index (χ1v) is 9.18. The lowest BCUT2D eigenvalue weighted by Gasteiger charge is -2.15. The first-order chi connectivity index (χ1) is 14.1. The summed E-state index contributed by atoms with van der Waals surface area (Å²) < 4.78 is 0. The first-order valence-electron chi connectivity index (χ1n) is 9.18. The Hall–Kier alpha value is -3.77. The number of carbonyl (C=O) groups excluding carboxylic acids is 2. The summed E-state index contributed by atoms with van der Waals surface area (Å²) in [6, 6.07) is 23.9. The molecule has 0 heterocycles. The minimum absolute atomic E-state index is 0.195. The zero-order valence-corrected chi connectivity index (χ0v) is 15.9. The molecule has 3 aromatic carbocycles. The molecule has 6 nitrogen and oxygen atoms in total. The average molecular weight is 387 g/mol. The summed E-state index contributed by atoms with van der Waals surface area (Å²) >= 11 is 0. The van der Waals surface area contributed by atoms with Gasteiger partial charge in [0.15, 0.2) is 0 Å². The highest BCUT2D eigenvalue weighted by molar-refractivity contribution is 5.96. The molecule has 0 aliphatic carbocycles. The molecule has 0 aromatic heterocycles. The number of hydrazone groups is 1. The molecule has 0 fully saturated rings. The fourth-order valence-electron chi connectivity index (χ4n) is 2.78. The summed E-state index contributed by atoms with van der Waals surface area (Å²) in [6.45, 7) is 2.27. The van der Waals surface area contributed by atoms with Gasteiger partial charge in [0.05, 0.1) is 6.21 Å². The van der Waals surface area contributed by atoms with Crippen molar-refractivity contribution in [3.8, 4) is 11.1 Å². The summed E-state index contributed by atoms with van der Waals surface area (Å²) in [5.74, 6) is -0.780. The van der Waals surface area contributed by atoms with Gasteiger partial charge in [0.2, 0.25) is 0 Å². The van der Waals surface area contributed by atoms with E-state index in [1.165, 1.54) is 5.01 Å². The van der Waals surface area contributed by atoms with E-state index >= 15 is 0 Å². The molecular weight excluding hydrogens is 366 g/mol. The molecule has 2 N–H and O–H groups in total. The Bertz CT molecular complexity index is 998. The van der Waals surface area contributed by atoms with Gasteiger partial charge in [0.25, 0.3) is 11.8 Å². The van der Waals surface area contributed by atoms with Crippen LogP contribution >= 0.6 is 0 Å². The molecule has 0 unspecified atom stereocenters. The van der Waals surface area contributed by atoms with Gasteiger partial charge in [-0.15, -0.1) is 0 Å². The SMILES string of the molecule is CCN(N=Cc1ccc(C(=O)NO)cc1)C(=O)c1ccc(-c2ccccc2)cc1. The maximum Gasteiger partial charge on any atom is 0.274 e. The quantitative estimate of drug-likeness (QED) is 0.381. The van der Waals surface area contributed by atoms with Crippen LogP contribution in [0.1, 0.15) is 33.2 Å². The second-order valence-electron chi connectivity index (χ2n) is 6.27. The molecule has 0 radical (unpaired) electrons. The van der Waals surface area contributed by atoms with E-state index < -0.39 is 5.91 Å². The van der Waals surface area contributed by atoms with Crippen molar-refractivity contribution in [1.29, 1.82) is 0 Å². The van der Waals surface area contributed by atoms with Crippen molar-refractivity contribution in [3.05, 3.63) is 95.6 Å². The highest BCUT2D eigenvalue weighted by atomic mass is 16.5. The van der Waals surface area contributed by atoms with Crippen molar-refractivity contribution in [2.75, 3.05) is 6.54 Å². The maximum atomic E-state index is 12.8. The standard InChI is InChI=1S/C23H21N3O3/c1-2-26(24-16-17-8-10-20(11-9-17)22(27)25-29)23(28)21-14-12-19(13-15-21)18-6-4-3-5-7-18/h3-16,29H,2H2,1H3,(H,25,27). The van der Waals surface area contributed by atoms with Crippen molar-refractivity contribution >= 4 is 18.0 Å². The van der Waals surface area contributed by atoms with Gasteiger partial charge in [-0.05, 0) is 47.9 Å². The van der Waals surface area contributed by atoms with Gasteiger partial charge in [-0.1, -0.05) is 54.6 Å². The Morgan fingerprint density at radius 1 is 0.897 bits per heavy atom. The van der Waals surface area contributed by atoms with E-state index in [9.17, 15) is 9.59 Å². The van der Waals surface area contributed by atoms with E-state index in [0.29, 0.717) is 17.7 Å². The van der Waals surface area contributed by atoms with Crippen LogP contribution in [-0.4, -0.2) is 34.8 Å². The Labute approximate surface area is 169 Å².